The van der Waals surface area contributed by atoms with Gasteiger partial charge < -0.3 is 4.90 Å². The maximum Gasteiger partial charge on any atom is 0.279 e. The minimum Gasteiger partial charge on any atom is -0.339 e. The highest BCUT2D eigenvalue weighted by molar-refractivity contribution is 7.14. The molecule has 7 heteroatoms. The molecule has 6 nitrogen and oxygen atoms in total. The van der Waals surface area contributed by atoms with Crippen LogP contribution in [0.3, 0.4) is 0 Å². The summed E-state index contributed by atoms with van der Waals surface area (Å²) in [6, 6.07) is 11.7. The second-order valence-electron chi connectivity index (χ2n) is 8.41. The van der Waals surface area contributed by atoms with Crippen molar-refractivity contribution in [3.63, 3.8) is 0 Å². The van der Waals surface area contributed by atoms with E-state index in [4.69, 9.17) is 0 Å². The van der Waals surface area contributed by atoms with E-state index in [-0.39, 0.29) is 23.6 Å². The highest BCUT2D eigenvalue weighted by Gasteiger charge is 2.27. The van der Waals surface area contributed by atoms with Crippen LogP contribution in [0.5, 0.6) is 0 Å². The summed E-state index contributed by atoms with van der Waals surface area (Å²) in [4.78, 5) is 41.1. The Kier molecular flexibility index (Phi) is 7.37. The highest BCUT2D eigenvalue weighted by Crippen LogP contribution is 2.28. The molecule has 2 heterocycles. The molecule has 3 amide bonds. The summed E-state index contributed by atoms with van der Waals surface area (Å²) in [7, 11) is 0. The van der Waals surface area contributed by atoms with E-state index in [1.165, 1.54) is 41.0 Å². The van der Waals surface area contributed by atoms with Gasteiger partial charge in [0.2, 0.25) is 11.8 Å². The van der Waals surface area contributed by atoms with Crippen molar-refractivity contribution in [1.82, 2.24) is 15.8 Å². The zero-order valence-electron chi connectivity index (χ0n) is 18.1. The summed E-state index contributed by atoms with van der Waals surface area (Å²) in [5, 5.41) is 0. The van der Waals surface area contributed by atoms with Crippen LogP contribution in [-0.4, -0.2) is 35.7 Å². The van der Waals surface area contributed by atoms with E-state index >= 15 is 0 Å². The Balaban J connectivity index is 1.22. The van der Waals surface area contributed by atoms with E-state index in [1.807, 2.05) is 36.4 Å². The second-order valence-corrected chi connectivity index (χ2v) is 9.54. The lowest BCUT2D eigenvalue weighted by Crippen LogP contribution is -2.47. The van der Waals surface area contributed by atoms with E-state index in [9.17, 15) is 14.4 Å². The average molecular weight is 452 g/mol. The topological polar surface area (TPSA) is 78.5 Å². The molecule has 1 aromatic carbocycles. The first-order valence-electron chi connectivity index (χ1n) is 11.3. The lowest BCUT2D eigenvalue weighted by Gasteiger charge is -2.30. The number of nitrogens with one attached hydrogen (secondary N) is 2. The molecule has 168 valence electrons. The molecule has 1 aliphatic heterocycles. The molecule has 2 aliphatic rings. The number of fused-ring (bicyclic) bond motifs is 1. The maximum atomic E-state index is 12.5. The van der Waals surface area contributed by atoms with Crippen LogP contribution in [-0.2, 0) is 22.4 Å². The molecule has 4 rings (SSSR count). The molecular formula is C25H29N3O3S. The van der Waals surface area contributed by atoms with Gasteiger partial charge in [0.25, 0.3) is 5.91 Å². The number of amides is 3. The van der Waals surface area contributed by atoms with E-state index in [0.29, 0.717) is 30.8 Å². The number of benzene rings is 1. The molecule has 1 saturated heterocycles. The summed E-state index contributed by atoms with van der Waals surface area (Å²) in [6.45, 7) is 1.06. The van der Waals surface area contributed by atoms with Crippen LogP contribution in [0.1, 0.15) is 57.8 Å². The van der Waals surface area contributed by atoms with Gasteiger partial charge in [0, 0.05) is 30.0 Å². The van der Waals surface area contributed by atoms with Crippen LogP contribution < -0.4 is 10.9 Å². The Morgan fingerprint density at radius 2 is 1.72 bits per heavy atom. The zero-order chi connectivity index (χ0) is 22.3. The third-order valence-corrected chi connectivity index (χ3v) is 7.40. The number of likely N-dealkylation sites (tertiary alicyclic amines) is 1. The lowest BCUT2D eigenvalue weighted by molar-refractivity contribution is -0.132. The summed E-state index contributed by atoms with van der Waals surface area (Å²) in [5.41, 5.74) is 7.42. The number of rotatable bonds is 4. The average Bonchev–Trinajstić information content (AvgIpc) is 3.12. The lowest BCUT2D eigenvalue weighted by atomic mass is 9.96. The van der Waals surface area contributed by atoms with E-state index < -0.39 is 0 Å². The first-order valence-corrected chi connectivity index (χ1v) is 12.2. The second kappa shape index (κ2) is 10.6. The molecule has 2 aromatic rings. The van der Waals surface area contributed by atoms with Crippen LogP contribution in [0.15, 0.2) is 42.5 Å². The van der Waals surface area contributed by atoms with Gasteiger partial charge in [-0.3, -0.25) is 25.2 Å². The van der Waals surface area contributed by atoms with Gasteiger partial charge in [-0.05, 0) is 61.8 Å². The Labute approximate surface area is 192 Å². The SMILES string of the molecule is O=C(NNC(=O)C1CCN(C(=O)/C=C/c2ccccc2)CC1)c1cc2c(s1)CCCCC2. The predicted molar refractivity (Wildman–Crippen MR) is 126 cm³/mol. The molecule has 2 N–H and O–H groups in total. The van der Waals surface area contributed by atoms with Crippen molar-refractivity contribution in [1.29, 1.82) is 0 Å². The van der Waals surface area contributed by atoms with E-state index in [2.05, 4.69) is 10.9 Å². The van der Waals surface area contributed by atoms with Gasteiger partial charge in [-0.1, -0.05) is 36.8 Å². The van der Waals surface area contributed by atoms with Crippen molar-refractivity contribution in [2.45, 2.75) is 44.9 Å². The van der Waals surface area contributed by atoms with Crippen LogP contribution in [0, 0.1) is 5.92 Å². The number of aryl methyl sites for hydroxylation is 2. The van der Waals surface area contributed by atoms with Crippen molar-refractivity contribution in [2.24, 2.45) is 5.92 Å². The number of hydrogen-bond donors (Lipinski definition) is 2. The summed E-state index contributed by atoms with van der Waals surface area (Å²) < 4.78 is 0. The fourth-order valence-electron chi connectivity index (χ4n) is 4.26. The van der Waals surface area contributed by atoms with Crippen molar-refractivity contribution >= 4 is 35.1 Å². The van der Waals surface area contributed by atoms with E-state index in [0.717, 1.165) is 18.4 Å². The van der Waals surface area contributed by atoms with Crippen molar-refractivity contribution in [3.8, 4) is 0 Å². The standard InChI is InChI=1S/C25H29N3O3S/c29-23(12-11-18-7-3-1-4-8-18)28-15-13-19(14-16-28)24(30)26-27-25(31)22-17-20-9-5-2-6-10-21(20)32-22/h1,3-4,7-8,11-12,17,19H,2,5-6,9-10,13-16H2,(H,26,30)(H,27,31)/b12-11+. The van der Waals surface area contributed by atoms with Crippen molar-refractivity contribution < 1.29 is 14.4 Å². The molecule has 1 aromatic heterocycles. The molecule has 0 unspecified atom stereocenters. The maximum absolute atomic E-state index is 12.5. The number of carbonyl (C=O) groups excluding carboxylic acids is 3. The smallest absolute Gasteiger partial charge is 0.279 e. The van der Waals surface area contributed by atoms with Gasteiger partial charge in [-0.15, -0.1) is 11.3 Å². The normalized spacial score (nSPS) is 16.9. The van der Waals surface area contributed by atoms with Gasteiger partial charge >= 0.3 is 0 Å². The molecule has 0 saturated carbocycles. The van der Waals surface area contributed by atoms with Crippen LogP contribution in [0.4, 0.5) is 0 Å². The first kappa shape index (κ1) is 22.3. The van der Waals surface area contributed by atoms with Crippen molar-refractivity contribution in [2.75, 3.05) is 13.1 Å². The largest absolute Gasteiger partial charge is 0.339 e. The first-order chi connectivity index (χ1) is 15.6. The molecule has 0 bridgehead atoms. The van der Waals surface area contributed by atoms with Crippen LogP contribution in [0.2, 0.25) is 0 Å². The molecule has 0 atom stereocenters. The Bertz CT molecular complexity index is 968. The molecule has 1 aliphatic carbocycles. The Hall–Kier alpha value is -2.93. The molecule has 1 fully saturated rings. The number of carbonyl (C=O) groups is 3. The number of piperidine rings is 1. The summed E-state index contributed by atoms with van der Waals surface area (Å²) >= 11 is 1.54. The van der Waals surface area contributed by atoms with Gasteiger partial charge in [-0.2, -0.15) is 0 Å². The molecule has 0 spiro atoms. The summed E-state index contributed by atoms with van der Waals surface area (Å²) in [6.07, 6.45) is 10.2. The Morgan fingerprint density at radius 1 is 0.969 bits per heavy atom. The number of thiophene rings is 1. The number of hydrogen-bond acceptors (Lipinski definition) is 4. The fraction of sp³-hybridized carbons (Fsp3) is 0.400. The summed E-state index contributed by atoms with van der Waals surface area (Å²) in [5.74, 6) is -0.700. The number of nitrogens with zero attached hydrogens (tertiary/aromatic N) is 1. The predicted octanol–water partition coefficient (Wildman–Crippen LogP) is 3.73. The van der Waals surface area contributed by atoms with Gasteiger partial charge in [0.05, 0.1) is 4.88 Å². The zero-order valence-corrected chi connectivity index (χ0v) is 19.0. The van der Waals surface area contributed by atoms with Crippen molar-refractivity contribution in [3.05, 3.63) is 63.4 Å². The monoisotopic (exact) mass is 451 g/mol. The third-order valence-electron chi connectivity index (χ3n) is 6.16. The molecular weight excluding hydrogens is 422 g/mol. The quantitative estimate of drug-likeness (QED) is 0.422. The molecule has 32 heavy (non-hydrogen) atoms. The fourth-order valence-corrected chi connectivity index (χ4v) is 5.41. The minimum absolute atomic E-state index is 0.0431. The minimum atomic E-state index is -0.255. The highest BCUT2D eigenvalue weighted by atomic mass is 32.1. The van der Waals surface area contributed by atoms with Gasteiger partial charge in [0.15, 0.2) is 0 Å². The third kappa shape index (κ3) is 5.65. The van der Waals surface area contributed by atoms with Gasteiger partial charge in [0.1, 0.15) is 0 Å². The van der Waals surface area contributed by atoms with Crippen LogP contribution >= 0.6 is 11.3 Å². The number of hydrazine groups is 1. The van der Waals surface area contributed by atoms with E-state index in [1.54, 1.807) is 17.1 Å². The molecule has 0 radical (unpaired) electrons. The van der Waals surface area contributed by atoms with Gasteiger partial charge in [-0.25, -0.2) is 0 Å². The van der Waals surface area contributed by atoms with Crippen LogP contribution in [0.25, 0.3) is 6.08 Å². The Morgan fingerprint density at radius 3 is 2.50 bits per heavy atom.